The highest BCUT2D eigenvalue weighted by molar-refractivity contribution is 14.0. The van der Waals surface area contributed by atoms with Crippen molar-refractivity contribution < 1.29 is 0 Å². The molecule has 0 saturated heterocycles. The van der Waals surface area contributed by atoms with Crippen LogP contribution in [0.3, 0.4) is 0 Å². The number of hydrogen-bond donors (Lipinski definition) is 2. The van der Waals surface area contributed by atoms with Crippen LogP contribution in [0.2, 0.25) is 0 Å². The van der Waals surface area contributed by atoms with Gasteiger partial charge in [0.15, 0.2) is 5.96 Å². The summed E-state index contributed by atoms with van der Waals surface area (Å²) in [6.07, 6.45) is 8.87. The fourth-order valence-electron chi connectivity index (χ4n) is 2.66. The van der Waals surface area contributed by atoms with Gasteiger partial charge in [-0.3, -0.25) is 9.79 Å². The SMILES string of the molecule is CCCCC(CC)CNC(=NC)NCCCCn1ccccc1=O.I. The maximum absolute atomic E-state index is 11.6. The molecule has 0 fully saturated rings. The molecule has 2 N–H and O–H groups in total. The van der Waals surface area contributed by atoms with Crippen molar-refractivity contribution in [1.82, 2.24) is 15.2 Å². The Morgan fingerprint density at radius 1 is 1.20 bits per heavy atom. The number of halogens is 1. The number of pyridine rings is 1. The number of aromatic nitrogens is 1. The second kappa shape index (κ2) is 15.2. The molecule has 0 aliphatic heterocycles. The molecule has 0 aromatic carbocycles. The average molecular weight is 462 g/mol. The van der Waals surface area contributed by atoms with E-state index in [0.29, 0.717) is 5.92 Å². The highest BCUT2D eigenvalue weighted by atomic mass is 127. The zero-order chi connectivity index (χ0) is 17.6. The smallest absolute Gasteiger partial charge is 0.250 e. The van der Waals surface area contributed by atoms with Crippen LogP contribution in [0.5, 0.6) is 0 Å². The van der Waals surface area contributed by atoms with Gasteiger partial charge in [0.1, 0.15) is 0 Å². The fourth-order valence-corrected chi connectivity index (χ4v) is 2.66. The van der Waals surface area contributed by atoms with E-state index in [9.17, 15) is 4.79 Å². The van der Waals surface area contributed by atoms with Crippen LogP contribution < -0.4 is 16.2 Å². The minimum absolute atomic E-state index is 0. The molecule has 0 radical (unpaired) electrons. The minimum atomic E-state index is 0. The zero-order valence-corrected chi connectivity index (χ0v) is 18.3. The van der Waals surface area contributed by atoms with Crippen molar-refractivity contribution >= 4 is 29.9 Å². The summed E-state index contributed by atoms with van der Waals surface area (Å²) in [5.74, 6) is 1.59. The molecule has 0 saturated carbocycles. The van der Waals surface area contributed by atoms with Crippen LogP contribution in [0.25, 0.3) is 0 Å². The highest BCUT2D eigenvalue weighted by Crippen LogP contribution is 2.10. The van der Waals surface area contributed by atoms with Crippen LogP contribution >= 0.6 is 24.0 Å². The molecule has 1 heterocycles. The standard InChI is InChI=1S/C19H34N4O.HI/c1-4-6-11-17(5-2)16-22-19(20-3)21-13-8-10-15-23-14-9-7-12-18(23)24;/h7,9,12,14,17H,4-6,8,10-11,13,15-16H2,1-3H3,(H2,20,21,22);1H. The monoisotopic (exact) mass is 462 g/mol. The Bertz CT molecular complexity index is 530. The quantitative estimate of drug-likeness (QED) is 0.229. The van der Waals surface area contributed by atoms with Crippen LogP contribution in [0.4, 0.5) is 0 Å². The van der Waals surface area contributed by atoms with Gasteiger partial charge in [0.25, 0.3) is 0 Å². The summed E-state index contributed by atoms with van der Waals surface area (Å²) < 4.78 is 1.76. The molecule has 5 nitrogen and oxygen atoms in total. The van der Waals surface area contributed by atoms with Crippen LogP contribution in [0.15, 0.2) is 34.2 Å². The Kier molecular flexibility index (Phi) is 14.6. The van der Waals surface area contributed by atoms with E-state index in [1.54, 1.807) is 16.7 Å². The van der Waals surface area contributed by atoms with E-state index in [1.807, 2.05) is 19.3 Å². The summed E-state index contributed by atoms with van der Waals surface area (Å²) in [6.45, 7) is 7.11. The Balaban J connectivity index is 0.00000576. The number of hydrogen-bond acceptors (Lipinski definition) is 2. The molecule has 6 heteroatoms. The third-order valence-electron chi connectivity index (χ3n) is 4.34. The highest BCUT2D eigenvalue weighted by Gasteiger charge is 2.06. The van der Waals surface area contributed by atoms with Crippen molar-refractivity contribution in [2.75, 3.05) is 20.1 Å². The van der Waals surface area contributed by atoms with Crippen molar-refractivity contribution in [3.8, 4) is 0 Å². The van der Waals surface area contributed by atoms with E-state index < -0.39 is 0 Å². The van der Waals surface area contributed by atoms with Crippen molar-refractivity contribution in [2.24, 2.45) is 10.9 Å². The summed E-state index contributed by atoms with van der Waals surface area (Å²) >= 11 is 0. The minimum Gasteiger partial charge on any atom is -0.356 e. The maximum Gasteiger partial charge on any atom is 0.250 e. The number of aliphatic imine (C=N–C) groups is 1. The van der Waals surface area contributed by atoms with E-state index in [0.717, 1.165) is 38.4 Å². The molecule has 0 spiro atoms. The first-order chi connectivity index (χ1) is 11.7. The number of nitrogens with zero attached hydrogens (tertiary/aromatic N) is 2. The zero-order valence-electron chi connectivity index (χ0n) is 16.0. The lowest BCUT2D eigenvalue weighted by molar-refractivity contribution is 0.443. The lowest BCUT2D eigenvalue weighted by Crippen LogP contribution is -2.40. The van der Waals surface area contributed by atoms with E-state index in [1.165, 1.54) is 25.7 Å². The lowest BCUT2D eigenvalue weighted by atomic mass is 9.99. The Morgan fingerprint density at radius 2 is 2.00 bits per heavy atom. The van der Waals surface area contributed by atoms with Crippen LogP contribution in [-0.4, -0.2) is 30.7 Å². The third-order valence-corrected chi connectivity index (χ3v) is 4.34. The molecule has 1 aromatic heterocycles. The molecule has 0 amide bonds. The van der Waals surface area contributed by atoms with Gasteiger partial charge in [0.05, 0.1) is 0 Å². The summed E-state index contributed by atoms with van der Waals surface area (Å²) in [7, 11) is 1.81. The van der Waals surface area contributed by atoms with Gasteiger partial charge in [0, 0.05) is 38.9 Å². The molecule has 0 aliphatic carbocycles. The summed E-state index contributed by atoms with van der Waals surface area (Å²) in [4.78, 5) is 15.9. The predicted octanol–water partition coefficient (Wildman–Crippen LogP) is 3.63. The van der Waals surface area contributed by atoms with Crippen molar-refractivity contribution in [2.45, 2.75) is 58.9 Å². The second-order valence-corrected chi connectivity index (χ2v) is 6.24. The largest absolute Gasteiger partial charge is 0.356 e. The van der Waals surface area contributed by atoms with Gasteiger partial charge in [-0.2, -0.15) is 0 Å². The molecule has 1 atom stereocenters. The third kappa shape index (κ3) is 10.5. The van der Waals surface area contributed by atoms with Gasteiger partial charge < -0.3 is 15.2 Å². The molecule has 1 unspecified atom stereocenters. The van der Waals surface area contributed by atoms with Gasteiger partial charge in [-0.25, -0.2) is 0 Å². The molecular formula is C19H35IN4O. The Hall–Kier alpha value is -1.05. The van der Waals surface area contributed by atoms with Gasteiger partial charge in [-0.1, -0.05) is 39.2 Å². The molecule has 25 heavy (non-hydrogen) atoms. The number of nitrogens with one attached hydrogen (secondary N) is 2. The summed E-state index contributed by atoms with van der Waals surface area (Å²) in [5, 5.41) is 6.79. The number of rotatable bonds is 11. The van der Waals surface area contributed by atoms with Gasteiger partial charge in [-0.15, -0.1) is 24.0 Å². The lowest BCUT2D eigenvalue weighted by Gasteiger charge is -2.18. The Labute approximate surface area is 169 Å². The van der Waals surface area contributed by atoms with Gasteiger partial charge in [-0.05, 0) is 31.2 Å². The number of unbranched alkanes of at least 4 members (excludes halogenated alkanes) is 2. The maximum atomic E-state index is 11.6. The summed E-state index contributed by atoms with van der Waals surface area (Å²) in [5.41, 5.74) is 0.0700. The average Bonchev–Trinajstić information content (AvgIpc) is 2.61. The van der Waals surface area contributed by atoms with Crippen LogP contribution in [0.1, 0.15) is 52.4 Å². The van der Waals surface area contributed by atoms with Gasteiger partial charge >= 0.3 is 0 Å². The molecule has 1 rings (SSSR count). The van der Waals surface area contributed by atoms with Crippen molar-refractivity contribution in [3.63, 3.8) is 0 Å². The van der Waals surface area contributed by atoms with Gasteiger partial charge in [0.2, 0.25) is 5.56 Å². The van der Waals surface area contributed by atoms with E-state index in [2.05, 4.69) is 29.5 Å². The molecule has 0 aliphatic rings. The molecule has 0 bridgehead atoms. The number of aryl methyl sites for hydroxylation is 1. The first kappa shape index (κ1) is 23.9. The second-order valence-electron chi connectivity index (χ2n) is 6.24. The molecule has 144 valence electrons. The van der Waals surface area contributed by atoms with Crippen molar-refractivity contribution in [1.29, 1.82) is 0 Å². The fraction of sp³-hybridized carbons (Fsp3) is 0.684. The van der Waals surface area contributed by atoms with Crippen LogP contribution in [-0.2, 0) is 6.54 Å². The first-order valence-electron chi connectivity index (χ1n) is 9.31. The Morgan fingerprint density at radius 3 is 2.64 bits per heavy atom. The summed E-state index contributed by atoms with van der Waals surface area (Å²) in [6, 6.07) is 5.28. The predicted molar refractivity (Wildman–Crippen MR) is 118 cm³/mol. The first-order valence-corrected chi connectivity index (χ1v) is 9.31. The van der Waals surface area contributed by atoms with Crippen LogP contribution in [0, 0.1) is 5.92 Å². The normalized spacial score (nSPS) is 12.4. The van der Waals surface area contributed by atoms with E-state index in [-0.39, 0.29) is 29.5 Å². The number of guanidine groups is 1. The van der Waals surface area contributed by atoms with E-state index in [4.69, 9.17) is 0 Å². The van der Waals surface area contributed by atoms with E-state index >= 15 is 0 Å². The topological polar surface area (TPSA) is 58.4 Å². The molecule has 1 aromatic rings. The molecular weight excluding hydrogens is 427 g/mol. The van der Waals surface area contributed by atoms with Crippen molar-refractivity contribution in [3.05, 3.63) is 34.7 Å².